The summed E-state index contributed by atoms with van der Waals surface area (Å²) in [5.41, 5.74) is 0.118. The smallest absolute Gasteiger partial charge is 0.342 e. The second-order valence-electron chi connectivity index (χ2n) is 6.17. The molecule has 1 N–H and O–H groups in total. The van der Waals surface area contributed by atoms with Gasteiger partial charge in [-0.05, 0) is 32.9 Å². The van der Waals surface area contributed by atoms with Crippen molar-refractivity contribution in [3.63, 3.8) is 0 Å². The maximum atomic E-state index is 12.6. The molecule has 0 bridgehead atoms. The number of esters is 1. The molecular formula is C19H25N3O6. The number of aromatic nitrogens is 2. The molecule has 0 saturated heterocycles. The lowest BCUT2D eigenvalue weighted by molar-refractivity contribution is -0.123. The second kappa shape index (κ2) is 9.12. The Hall–Kier alpha value is -3.23. The van der Waals surface area contributed by atoms with Crippen molar-refractivity contribution >= 4 is 17.7 Å². The van der Waals surface area contributed by atoms with Crippen LogP contribution in [0.1, 0.15) is 37.2 Å². The van der Waals surface area contributed by atoms with Crippen LogP contribution in [0.15, 0.2) is 24.4 Å². The van der Waals surface area contributed by atoms with Gasteiger partial charge < -0.3 is 24.3 Å². The van der Waals surface area contributed by atoms with Gasteiger partial charge in [0, 0.05) is 12.1 Å². The van der Waals surface area contributed by atoms with Crippen molar-refractivity contribution in [1.29, 1.82) is 0 Å². The van der Waals surface area contributed by atoms with Gasteiger partial charge in [-0.25, -0.2) is 9.48 Å². The maximum Gasteiger partial charge on any atom is 0.342 e. The highest BCUT2D eigenvalue weighted by Gasteiger charge is 2.25. The van der Waals surface area contributed by atoms with E-state index in [1.807, 2.05) is 13.8 Å². The Morgan fingerprint density at radius 1 is 1.00 bits per heavy atom. The Labute approximate surface area is 163 Å². The van der Waals surface area contributed by atoms with Crippen LogP contribution < -0.4 is 19.5 Å². The first-order valence-corrected chi connectivity index (χ1v) is 8.68. The molecule has 0 spiro atoms. The number of nitrogens with one attached hydrogen (secondary N) is 1. The van der Waals surface area contributed by atoms with E-state index in [4.69, 9.17) is 18.9 Å². The van der Waals surface area contributed by atoms with E-state index in [0.717, 1.165) is 0 Å². The summed E-state index contributed by atoms with van der Waals surface area (Å²) in [6.45, 7) is 5.36. The van der Waals surface area contributed by atoms with Gasteiger partial charge in [-0.15, -0.1) is 0 Å². The van der Waals surface area contributed by atoms with Crippen LogP contribution >= 0.6 is 0 Å². The summed E-state index contributed by atoms with van der Waals surface area (Å²) >= 11 is 0. The van der Waals surface area contributed by atoms with Gasteiger partial charge in [-0.1, -0.05) is 0 Å². The van der Waals surface area contributed by atoms with Crippen molar-refractivity contribution in [2.24, 2.45) is 0 Å². The standard InChI is InChI=1S/C19H25N3O6/c1-11(2)22-15(9-10-20-22)21-18(23)12(3)28-19(24)13-7-8-14(25-4)17(27-6)16(13)26-5/h7-12H,1-6H3,(H,21,23)/t12-/m0/s1. The van der Waals surface area contributed by atoms with Gasteiger partial charge in [0.25, 0.3) is 5.91 Å². The van der Waals surface area contributed by atoms with Gasteiger partial charge in [0.1, 0.15) is 11.4 Å². The molecule has 152 valence electrons. The molecular weight excluding hydrogens is 366 g/mol. The maximum absolute atomic E-state index is 12.6. The number of hydrogen-bond acceptors (Lipinski definition) is 7. The van der Waals surface area contributed by atoms with Crippen molar-refractivity contribution in [3.05, 3.63) is 30.0 Å². The minimum Gasteiger partial charge on any atom is -0.493 e. The molecule has 0 aliphatic carbocycles. The zero-order valence-electron chi connectivity index (χ0n) is 16.8. The molecule has 0 saturated carbocycles. The number of anilines is 1. The predicted octanol–water partition coefficient (Wildman–Crippen LogP) is 2.67. The van der Waals surface area contributed by atoms with Gasteiger partial charge >= 0.3 is 5.97 Å². The van der Waals surface area contributed by atoms with Crippen molar-refractivity contribution in [2.45, 2.75) is 32.9 Å². The minimum atomic E-state index is -1.04. The first kappa shape index (κ1) is 21.1. The van der Waals surface area contributed by atoms with Crippen LogP contribution in [-0.4, -0.2) is 49.1 Å². The highest BCUT2D eigenvalue weighted by molar-refractivity contribution is 5.98. The molecule has 1 heterocycles. The number of rotatable bonds is 8. The van der Waals surface area contributed by atoms with Crippen LogP contribution in [0.25, 0.3) is 0 Å². The SMILES string of the molecule is COc1ccc(C(=O)O[C@@H](C)C(=O)Nc2ccnn2C(C)C)c(OC)c1OC. The number of carbonyl (C=O) groups excluding carboxylic acids is 2. The fourth-order valence-corrected chi connectivity index (χ4v) is 2.59. The third-order valence-corrected chi connectivity index (χ3v) is 3.99. The first-order valence-electron chi connectivity index (χ1n) is 8.68. The van der Waals surface area contributed by atoms with Gasteiger partial charge in [0.05, 0.1) is 27.5 Å². The fraction of sp³-hybridized carbons (Fsp3) is 0.421. The molecule has 28 heavy (non-hydrogen) atoms. The predicted molar refractivity (Wildman–Crippen MR) is 102 cm³/mol. The highest BCUT2D eigenvalue weighted by atomic mass is 16.6. The summed E-state index contributed by atoms with van der Waals surface area (Å²) < 4.78 is 22.7. The zero-order chi connectivity index (χ0) is 20.8. The molecule has 1 aromatic carbocycles. The van der Waals surface area contributed by atoms with Crippen molar-refractivity contribution in [3.8, 4) is 17.2 Å². The number of ether oxygens (including phenoxy) is 4. The van der Waals surface area contributed by atoms with Crippen LogP contribution in [0.2, 0.25) is 0 Å². The van der Waals surface area contributed by atoms with Crippen LogP contribution in [0, 0.1) is 0 Å². The van der Waals surface area contributed by atoms with E-state index in [1.54, 1.807) is 23.0 Å². The molecule has 1 atom stereocenters. The lowest BCUT2D eigenvalue weighted by Crippen LogP contribution is -2.31. The summed E-state index contributed by atoms with van der Waals surface area (Å²) in [6.07, 6.45) is 0.543. The highest BCUT2D eigenvalue weighted by Crippen LogP contribution is 2.40. The van der Waals surface area contributed by atoms with E-state index >= 15 is 0 Å². The molecule has 9 heteroatoms. The topological polar surface area (TPSA) is 101 Å². The molecule has 0 fully saturated rings. The quantitative estimate of drug-likeness (QED) is 0.690. The Balaban J connectivity index is 2.15. The van der Waals surface area contributed by atoms with Crippen LogP contribution in [-0.2, 0) is 9.53 Å². The van der Waals surface area contributed by atoms with Crippen LogP contribution in [0.4, 0.5) is 5.82 Å². The average molecular weight is 391 g/mol. The lowest BCUT2D eigenvalue weighted by atomic mass is 10.1. The molecule has 0 unspecified atom stereocenters. The summed E-state index contributed by atoms with van der Waals surface area (Å²) in [6, 6.07) is 4.79. The van der Waals surface area contributed by atoms with E-state index in [1.165, 1.54) is 34.3 Å². The summed E-state index contributed by atoms with van der Waals surface area (Å²) in [4.78, 5) is 25.0. The number of carbonyl (C=O) groups is 2. The molecule has 1 aromatic heterocycles. The van der Waals surface area contributed by atoms with Crippen molar-refractivity contribution < 1.29 is 28.5 Å². The third-order valence-electron chi connectivity index (χ3n) is 3.99. The average Bonchev–Trinajstić information content (AvgIpc) is 3.14. The minimum absolute atomic E-state index is 0.0687. The van der Waals surface area contributed by atoms with E-state index in [9.17, 15) is 9.59 Å². The van der Waals surface area contributed by atoms with Crippen LogP contribution in [0.5, 0.6) is 17.2 Å². The van der Waals surface area contributed by atoms with Gasteiger partial charge in [-0.2, -0.15) is 5.10 Å². The number of benzene rings is 1. The summed E-state index contributed by atoms with van der Waals surface area (Å²) in [5, 5.41) is 6.85. The van der Waals surface area contributed by atoms with Gasteiger partial charge in [-0.3, -0.25) is 4.79 Å². The molecule has 2 rings (SSSR count). The molecule has 0 aliphatic heterocycles. The van der Waals surface area contributed by atoms with Crippen molar-refractivity contribution in [1.82, 2.24) is 9.78 Å². The van der Waals surface area contributed by atoms with E-state index in [-0.39, 0.29) is 23.1 Å². The number of hydrogen-bond donors (Lipinski definition) is 1. The number of nitrogens with zero attached hydrogens (tertiary/aromatic N) is 2. The first-order chi connectivity index (χ1) is 13.3. The molecule has 1 amide bonds. The Morgan fingerprint density at radius 3 is 2.25 bits per heavy atom. The Bertz CT molecular complexity index is 846. The normalized spacial score (nSPS) is 11.7. The van der Waals surface area contributed by atoms with Gasteiger partial charge in [0.2, 0.25) is 5.75 Å². The van der Waals surface area contributed by atoms with E-state index in [2.05, 4.69) is 10.4 Å². The Kier molecular flexibility index (Phi) is 6.86. The largest absolute Gasteiger partial charge is 0.493 e. The number of amides is 1. The number of methoxy groups -OCH3 is 3. The second-order valence-corrected chi connectivity index (χ2v) is 6.17. The molecule has 0 radical (unpaired) electrons. The van der Waals surface area contributed by atoms with Crippen LogP contribution in [0.3, 0.4) is 0 Å². The zero-order valence-corrected chi connectivity index (χ0v) is 16.8. The van der Waals surface area contributed by atoms with Crippen molar-refractivity contribution in [2.75, 3.05) is 26.6 Å². The monoisotopic (exact) mass is 391 g/mol. The fourth-order valence-electron chi connectivity index (χ4n) is 2.59. The third kappa shape index (κ3) is 4.36. The molecule has 9 nitrogen and oxygen atoms in total. The molecule has 2 aromatic rings. The van der Waals surface area contributed by atoms with Gasteiger partial charge in [0.15, 0.2) is 17.6 Å². The lowest BCUT2D eigenvalue weighted by Gasteiger charge is -2.18. The van der Waals surface area contributed by atoms with E-state index in [0.29, 0.717) is 11.6 Å². The molecule has 0 aliphatic rings. The van der Waals surface area contributed by atoms with E-state index < -0.39 is 18.0 Å². The Morgan fingerprint density at radius 2 is 1.68 bits per heavy atom. The summed E-state index contributed by atoms with van der Waals surface area (Å²) in [5.74, 6) is 0.151. The summed E-state index contributed by atoms with van der Waals surface area (Å²) in [7, 11) is 4.31.